The molecule has 4 unspecified atom stereocenters. The van der Waals surface area contributed by atoms with E-state index in [-0.39, 0.29) is 0 Å². The molecular weight excluding hydrogens is 260 g/mol. The summed E-state index contributed by atoms with van der Waals surface area (Å²) >= 11 is 0. The molecule has 0 bridgehead atoms. The van der Waals surface area contributed by atoms with Crippen LogP contribution >= 0.6 is 0 Å². The molecule has 2 nitrogen and oxygen atoms in total. The van der Waals surface area contributed by atoms with Gasteiger partial charge in [0.15, 0.2) is 0 Å². The maximum Gasteiger partial charge on any atom is 0.133 e. The Bertz CT molecular complexity index is 490. The molecule has 114 valence electrons. The van der Waals surface area contributed by atoms with Crippen molar-refractivity contribution in [1.29, 1.82) is 0 Å². The molecule has 4 saturated carbocycles. The van der Waals surface area contributed by atoms with E-state index in [1.54, 1.807) is 0 Å². The monoisotopic (exact) mass is 286 g/mol. The first-order chi connectivity index (χ1) is 10.1. The van der Waals surface area contributed by atoms with E-state index in [4.69, 9.17) is 6.42 Å². The van der Waals surface area contributed by atoms with Gasteiger partial charge >= 0.3 is 0 Å². The molecule has 1 N–H and O–H groups in total. The average molecular weight is 286 g/mol. The summed E-state index contributed by atoms with van der Waals surface area (Å²) in [6.45, 7) is 0. The molecule has 0 aromatic heterocycles. The minimum absolute atomic E-state index is 0.338. The first-order valence-corrected chi connectivity index (χ1v) is 8.84. The number of Topliss-reactive ketones (excluding diaryl/α,β-unsaturated/α-hetero) is 1. The summed E-state index contributed by atoms with van der Waals surface area (Å²) < 4.78 is 0. The number of ketones is 1. The zero-order chi connectivity index (χ0) is 14.6. The Morgan fingerprint density at radius 1 is 1.00 bits per heavy atom. The van der Waals surface area contributed by atoms with Gasteiger partial charge in [-0.3, -0.25) is 4.79 Å². The molecule has 0 amide bonds. The highest BCUT2D eigenvalue weighted by Crippen LogP contribution is 2.59. The Hall–Kier alpha value is -0.810. The molecular formula is C19H26O2. The summed E-state index contributed by atoms with van der Waals surface area (Å²) in [5, 5.41) is 10.7. The first kappa shape index (κ1) is 13.8. The van der Waals surface area contributed by atoms with Crippen LogP contribution in [0.5, 0.6) is 0 Å². The molecule has 0 heterocycles. The van der Waals surface area contributed by atoms with Crippen molar-refractivity contribution in [1.82, 2.24) is 0 Å². The molecule has 0 radical (unpaired) electrons. The molecule has 0 spiro atoms. The Labute approximate surface area is 127 Å². The Morgan fingerprint density at radius 3 is 2.57 bits per heavy atom. The van der Waals surface area contributed by atoms with E-state index in [0.29, 0.717) is 23.5 Å². The molecule has 7 atom stereocenters. The van der Waals surface area contributed by atoms with E-state index in [9.17, 15) is 9.90 Å². The number of aliphatic hydroxyl groups is 1. The third-order valence-corrected chi connectivity index (χ3v) is 7.42. The van der Waals surface area contributed by atoms with Crippen molar-refractivity contribution in [3.05, 3.63) is 0 Å². The number of fused-ring (bicyclic) bond motifs is 5. The standard InChI is InChI=1S/C19H26O2/c1-2-19(21)10-9-17-16-5-3-12-11-13(20)4-6-14(12)15(16)7-8-18(17)19/h1,12,14-18,21H,3-11H2/t12-,14-,15?,16?,17?,18?,19-/m0/s1. The van der Waals surface area contributed by atoms with Gasteiger partial charge in [-0.1, -0.05) is 5.92 Å². The van der Waals surface area contributed by atoms with E-state index in [1.807, 2.05) is 0 Å². The van der Waals surface area contributed by atoms with Crippen LogP contribution < -0.4 is 0 Å². The van der Waals surface area contributed by atoms with Gasteiger partial charge in [0.1, 0.15) is 11.4 Å². The van der Waals surface area contributed by atoms with E-state index < -0.39 is 5.60 Å². The lowest BCUT2D eigenvalue weighted by Gasteiger charge is -2.52. The zero-order valence-corrected chi connectivity index (χ0v) is 12.8. The average Bonchev–Trinajstić information content (AvgIpc) is 2.85. The quantitative estimate of drug-likeness (QED) is 0.694. The van der Waals surface area contributed by atoms with Gasteiger partial charge in [0.2, 0.25) is 0 Å². The van der Waals surface area contributed by atoms with Crippen LogP contribution in [0.15, 0.2) is 0 Å². The first-order valence-electron chi connectivity index (χ1n) is 8.84. The molecule has 0 aliphatic heterocycles. The molecule has 0 aromatic rings. The fourth-order valence-electron chi connectivity index (χ4n) is 6.53. The molecule has 4 aliphatic carbocycles. The van der Waals surface area contributed by atoms with Crippen molar-refractivity contribution in [3.63, 3.8) is 0 Å². The molecule has 4 fully saturated rings. The maximum absolute atomic E-state index is 11.7. The maximum atomic E-state index is 11.7. The second-order valence-electron chi connectivity index (χ2n) is 8.07. The van der Waals surface area contributed by atoms with Gasteiger partial charge in [-0.25, -0.2) is 0 Å². The van der Waals surface area contributed by atoms with Gasteiger partial charge in [-0.05, 0) is 74.5 Å². The highest BCUT2D eigenvalue weighted by molar-refractivity contribution is 5.79. The largest absolute Gasteiger partial charge is 0.377 e. The van der Waals surface area contributed by atoms with Crippen LogP contribution in [-0.4, -0.2) is 16.5 Å². The lowest BCUT2D eigenvalue weighted by atomic mass is 9.53. The Balaban J connectivity index is 1.56. The summed E-state index contributed by atoms with van der Waals surface area (Å²) in [4.78, 5) is 11.7. The van der Waals surface area contributed by atoms with Crippen LogP contribution in [-0.2, 0) is 4.79 Å². The van der Waals surface area contributed by atoms with Gasteiger partial charge in [-0.2, -0.15) is 0 Å². The predicted octanol–water partition coefficient (Wildman–Crippen LogP) is 3.18. The molecule has 0 saturated heterocycles. The predicted molar refractivity (Wildman–Crippen MR) is 81.3 cm³/mol. The second-order valence-corrected chi connectivity index (χ2v) is 8.07. The van der Waals surface area contributed by atoms with Crippen LogP contribution in [0.3, 0.4) is 0 Å². The minimum atomic E-state index is -0.824. The SMILES string of the molecule is C#C[C@]1(O)CCC2C3CC[C@H]4CC(=O)CC[C@@H]4C3CCC21. The van der Waals surface area contributed by atoms with Gasteiger partial charge < -0.3 is 5.11 Å². The van der Waals surface area contributed by atoms with Gasteiger partial charge in [0.05, 0.1) is 0 Å². The van der Waals surface area contributed by atoms with Gasteiger partial charge in [0, 0.05) is 18.8 Å². The second kappa shape index (κ2) is 4.85. The third-order valence-electron chi connectivity index (χ3n) is 7.42. The van der Waals surface area contributed by atoms with Crippen molar-refractivity contribution in [2.24, 2.45) is 35.5 Å². The van der Waals surface area contributed by atoms with E-state index >= 15 is 0 Å². The zero-order valence-electron chi connectivity index (χ0n) is 12.8. The topological polar surface area (TPSA) is 37.3 Å². The summed E-state index contributed by atoms with van der Waals surface area (Å²) in [5.41, 5.74) is -0.824. The van der Waals surface area contributed by atoms with Crippen molar-refractivity contribution >= 4 is 5.78 Å². The molecule has 0 aromatic carbocycles. The lowest BCUT2D eigenvalue weighted by Crippen LogP contribution is -2.47. The molecule has 4 aliphatic rings. The van der Waals surface area contributed by atoms with Crippen LogP contribution in [0.1, 0.15) is 57.8 Å². The number of hydrogen-bond acceptors (Lipinski definition) is 2. The van der Waals surface area contributed by atoms with Crippen LogP contribution in [0.2, 0.25) is 0 Å². The summed E-state index contributed by atoms with van der Waals surface area (Å²) in [6.07, 6.45) is 15.1. The fraction of sp³-hybridized carbons (Fsp3) is 0.842. The summed E-state index contributed by atoms with van der Waals surface area (Å²) in [6, 6.07) is 0. The Kier molecular flexibility index (Phi) is 3.19. The van der Waals surface area contributed by atoms with Crippen LogP contribution in [0.4, 0.5) is 0 Å². The summed E-state index contributed by atoms with van der Waals surface area (Å²) in [5.74, 6) is 7.19. The third kappa shape index (κ3) is 2.00. The number of rotatable bonds is 0. The number of carbonyl (C=O) groups excluding carboxylic acids is 1. The Morgan fingerprint density at radius 2 is 1.76 bits per heavy atom. The number of carbonyl (C=O) groups is 1. The van der Waals surface area contributed by atoms with Crippen molar-refractivity contribution < 1.29 is 9.90 Å². The minimum Gasteiger partial charge on any atom is -0.377 e. The van der Waals surface area contributed by atoms with Gasteiger partial charge in [-0.15, -0.1) is 6.42 Å². The smallest absolute Gasteiger partial charge is 0.133 e. The fourth-order valence-corrected chi connectivity index (χ4v) is 6.53. The van der Waals surface area contributed by atoms with Crippen molar-refractivity contribution in [2.45, 2.75) is 63.4 Å². The number of hydrogen-bond donors (Lipinski definition) is 1. The molecule has 4 rings (SSSR count). The van der Waals surface area contributed by atoms with Gasteiger partial charge in [0.25, 0.3) is 0 Å². The van der Waals surface area contributed by atoms with E-state index in [2.05, 4.69) is 5.92 Å². The highest BCUT2D eigenvalue weighted by atomic mass is 16.3. The lowest BCUT2D eigenvalue weighted by molar-refractivity contribution is -0.126. The van der Waals surface area contributed by atoms with Crippen molar-refractivity contribution in [2.75, 3.05) is 0 Å². The van der Waals surface area contributed by atoms with E-state index in [0.717, 1.165) is 56.3 Å². The van der Waals surface area contributed by atoms with Crippen LogP contribution in [0, 0.1) is 47.9 Å². The van der Waals surface area contributed by atoms with Crippen molar-refractivity contribution in [3.8, 4) is 12.3 Å². The molecule has 2 heteroatoms. The number of terminal acetylenes is 1. The molecule has 21 heavy (non-hydrogen) atoms. The summed E-state index contributed by atoms with van der Waals surface area (Å²) in [7, 11) is 0. The highest BCUT2D eigenvalue weighted by Gasteiger charge is 2.55. The van der Waals surface area contributed by atoms with E-state index in [1.165, 1.54) is 19.3 Å². The van der Waals surface area contributed by atoms with Crippen LogP contribution in [0.25, 0.3) is 0 Å². The normalized spacial score (nSPS) is 52.5.